The van der Waals surface area contributed by atoms with E-state index >= 15 is 0 Å². The molecule has 0 amide bonds. The number of aromatic nitrogens is 1. The third kappa shape index (κ3) is 3.26. The van der Waals surface area contributed by atoms with Gasteiger partial charge in [-0.25, -0.2) is 0 Å². The van der Waals surface area contributed by atoms with Crippen LogP contribution >= 0.6 is 0 Å². The van der Waals surface area contributed by atoms with Gasteiger partial charge in [-0.2, -0.15) is 39.5 Å². The van der Waals surface area contributed by atoms with E-state index in [1.807, 2.05) is 0 Å². The van der Waals surface area contributed by atoms with Crippen LogP contribution in [0.2, 0.25) is 0 Å². The van der Waals surface area contributed by atoms with E-state index in [0.717, 1.165) is 31.7 Å². The molecule has 0 spiro atoms. The largest absolute Gasteiger partial charge is 0.492 e. The standard InChI is InChI=1S/C16H12F9NO4/c1-6-7(10-11(26(6)2)8(27)4-9(29-3)12(10)28)5-30-13(14(17,18)19,15(20,21)22)16(23,24)25/h4H,5H2,1-3H3. The summed E-state index contributed by atoms with van der Waals surface area (Å²) >= 11 is 0. The lowest BCUT2D eigenvalue weighted by Crippen LogP contribution is -2.67. The number of nitrogens with zero attached hydrogens (tertiary/aromatic N) is 1. The lowest BCUT2D eigenvalue weighted by molar-refractivity contribution is -0.459. The monoisotopic (exact) mass is 453 g/mol. The lowest BCUT2D eigenvalue weighted by atomic mass is 9.96. The van der Waals surface area contributed by atoms with Crippen LogP contribution in [0.25, 0.3) is 0 Å². The fraction of sp³-hybridized carbons (Fsp3) is 0.500. The lowest BCUT2D eigenvalue weighted by Gasteiger charge is -2.38. The molecule has 0 aromatic carbocycles. The van der Waals surface area contributed by atoms with Crippen molar-refractivity contribution >= 4 is 11.6 Å². The number of methoxy groups -OCH3 is 1. The molecule has 30 heavy (non-hydrogen) atoms. The van der Waals surface area contributed by atoms with E-state index in [4.69, 9.17) is 0 Å². The molecular weight excluding hydrogens is 441 g/mol. The molecule has 14 heteroatoms. The number of alkyl halides is 9. The maximum absolute atomic E-state index is 13.0. The maximum atomic E-state index is 13.0. The predicted octanol–water partition coefficient (Wildman–Crippen LogP) is 4.19. The second kappa shape index (κ2) is 7.03. The van der Waals surface area contributed by atoms with Crippen molar-refractivity contribution in [2.45, 2.75) is 37.7 Å². The number of hydrogen-bond donors (Lipinski definition) is 0. The van der Waals surface area contributed by atoms with Crippen LogP contribution in [0.5, 0.6) is 0 Å². The fourth-order valence-electron chi connectivity index (χ4n) is 3.01. The number of carbonyl (C=O) groups is 2. The van der Waals surface area contributed by atoms with Crippen LogP contribution in [0.1, 0.15) is 32.1 Å². The molecule has 5 nitrogen and oxygen atoms in total. The number of ether oxygens (including phenoxy) is 2. The Labute approximate surface area is 162 Å². The summed E-state index contributed by atoms with van der Waals surface area (Å²) in [5.74, 6) is -2.58. The SMILES string of the molecule is COC1=CC(=O)c2c(c(COC(C(F)(F)F)(C(F)(F)F)C(F)(F)F)c(C)n2C)C1=O. The predicted molar refractivity (Wildman–Crippen MR) is 79.6 cm³/mol. The second-order valence-corrected chi connectivity index (χ2v) is 6.22. The van der Waals surface area contributed by atoms with Gasteiger partial charge < -0.3 is 14.0 Å². The summed E-state index contributed by atoms with van der Waals surface area (Å²) in [6.45, 7) is -0.829. The minimum absolute atomic E-state index is 0.243. The molecule has 0 N–H and O–H groups in total. The number of allylic oxidation sites excluding steroid dienone is 2. The minimum atomic E-state index is -6.93. The summed E-state index contributed by atoms with van der Waals surface area (Å²) in [6.07, 6.45) is -20.0. The topological polar surface area (TPSA) is 57.5 Å². The molecule has 0 saturated heterocycles. The van der Waals surface area contributed by atoms with Gasteiger partial charge in [0.2, 0.25) is 11.6 Å². The Balaban J connectivity index is 2.66. The van der Waals surface area contributed by atoms with E-state index in [9.17, 15) is 49.1 Å². The van der Waals surface area contributed by atoms with Crippen molar-refractivity contribution in [2.24, 2.45) is 7.05 Å². The van der Waals surface area contributed by atoms with Crippen molar-refractivity contribution in [2.75, 3.05) is 7.11 Å². The zero-order valence-corrected chi connectivity index (χ0v) is 15.3. The molecule has 1 aliphatic rings. The highest BCUT2D eigenvalue weighted by Crippen LogP contribution is 2.55. The summed E-state index contributed by atoms with van der Waals surface area (Å²) in [4.78, 5) is 24.6. The summed E-state index contributed by atoms with van der Waals surface area (Å²) in [7, 11) is 2.12. The molecule has 0 atom stereocenters. The molecule has 0 aliphatic heterocycles. The van der Waals surface area contributed by atoms with Crippen molar-refractivity contribution in [3.63, 3.8) is 0 Å². The van der Waals surface area contributed by atoms with E-state index in [1.165, 1.54) is 0 Å². The quantitative estimate of drug-likeness (QED) is 0.642. The molecule has 0 saturated carbocycles. The minimum Gasteiger partial charge on any atom is -0.492 e. The Morgan fingerprint density at radius 1 is 0.933 bits per heavy atom. The van der Waals surface area contributed by atoms with Gasteiger partial charge in [0.15, 0.2) is 5.76 Å². The molecule has 0 fully saturated rings. The van der Waals surface area contributed by atoms with E-state index in [0.29, 0.717) is 0 Å². The number of fused-ring (bicyclic) bond motifs is 1. The van der Waals surface area contributed by atoms with Gasteiger partial charge in [-0.3, -0.25) is 9.59 Å². The first-order chi connectivity index (χ1) is 13.4. The molecule has 1 aromatic heterocycles. The van der Waals surface area contributed by atoms with Crippen LogP contribution in [-0.4, -0.2) is 47.4 Å². The average molecular weight is 453 g/mol. The maximum Gasteiger partial charge on any atom is 0.435 e. The Morgan fingerprint density at radius 2 is 1.40 bits per heavy atom. The van der Waals surface area contributed by atoms with Gasteiger partial charge in [-0.05, 0) is 6.92 Å². The molecule has 2 rings (SSSR count). The van der Waals surface area contributed by atoms with Crippen molar-refractivity contribution in [1.29, 1.82) is 0 Å². The third-order valence-electron chi connectivity index (χ3n) is 4.61. The average Bonchev–Trinajstić information content (AvgIpc) is 2.80. The van der Waals surface area contributed by atoms with Gasteiger partial charge in [0.05, 0.1) is 19.3 Å². The third-order valence-corrected chi connectivity index (χ3v) is 4.61. The number of ketones is 2. The number of rotatable bonds is 4. The Kier molecular flexibility index (Phi) is 5.57. The van der Waals surface area contributed by atoms with Crippen molar-refractivity contribution in [3.05, 3.63) is 34.3 Å². The highest BCUT2D eigenvalue weighted by molar-refractivity contribution is 6.24. The number of halogens is 9. The first kappa shape index (κ1) is 23.8. The van der Waals surface area contributed by atoms with Gasteiger partial charge in [-0.15, -0.1) is 0 Å². The summed E-state index contributed by atoms with van der Waals surface area (Å²) in [5.41, 5.74) is -8.62. The normalized spacial score (nSPS) is 15.9. The molecule has 0 unspecified atom stereocenters. The van der Waals surface area contributed by atoms with Crippen LogP contribution in [0.3, 0.4) is 0 Å². The van der Waals surface area contributed by atoms with E-state index in [-0.39, 0.29) is 5.69 Å². The number of hydrogen-bond acceptors (Lipinski definition) is 4. The zero-order valence-electron chi connectivity index (χ0n) is 15.3. The molecule has 1 aromatic rings. The van der Waals surface area contributed by atoms with Gasteiger partial charge >= 0.3 is 24.1 Å². The summed E-state index contributed by atoms with van der Waals surface area (Å²) < 4.78 is 127. The van der Waals surface area contributed by atoms with Crippen LogP contribution in [0.4, 0.5) is 39.5 Å². The molecule has 1 aliphatic carbocycles. The smallest absolute Gasteiger partial charge is 0.435 e. The van der Waals surface area contributed by atoms with E-state index in [1.54, 1.807) is 0 Å². The Bertz CT molecular complexity index is 883. The van der Waals surface area contributed by atoms with Gasteiger partial charge in [0.1, 0.15) is 5.69 Å². The second-order valence-electron chi connectivity index (χ2n) is 6.22. The first-order valence-corrected chi connectivity index (χ1v) is 7.79. The Morgan fingerprint density at radius 3 is 1.80 bits per heavy atom. The molecule has 1 heterocycles. The fourth-order valence-corrected chi connectivity index (χ4v) is 3.01. The van der Waals surface area contributed by atoms with Gasteiger partial charge in [0, 0.05) is 24.4 Å². The van der Waals surface area contributed by atoms with Crippen molar-refractivity contribution < 1.29 is 58.6 Å². The van der Waals surface area contributed by atoms with E-state index in [2.05, 4.69) is 9.47 Å². The highest BCUT2D eigenvalue weighted by atomic mass is 19.4. The van der Waals surface area contributed by atoms with Crippen LogP contribution in [0, 0.1) is 6.92 Å². The molecule has 0 bridgehead atoms. The van der Waals surface area contributed by atoms with Crippen LogP contribution < -0.4 is 0 Å². The van der Waals surface area contributed by atoms with E-state index < -0.39 is 64.9 Å². The molecule has 0 radical (unpaired) electrons. The summed E-state index contributed by atoms with van der Waals surface area (Å²) in [6, 6.07) is 0. The van der Waals surface area contributed by atoms with Gasteiger partial charge in [0.25, 0.3) is 0 Å². The van der Waals surface area contributed by atoms with Crippen molar-refractivity contribution in [1.82, 2.24) is 4.57 Å². The Hall–Kier alpha value is -2.51. The summed E-state index contributed by atoms with van der Waals surface area (Å²) in [5, 5.41) is 0. The number of Topliss-reactive ketones (excluding diaryl/α,β-unsaturated/α-hetero) is 1. The number of carbonyl (C=O) groups excluding carboxylic acids is 2. The van der Waals surface area contributed by atoms with Crippen molar-refractivity contribution in [3.8, 4) is 0 Å². The zero-order chi connectivity index (χ0) is 23.4. The first-order valence-electron chi connectivity index (χ1n) is 7.79. The van der Waals surface area contributed by atoms with Crippen LogP contribution in [0.15, 0.2) is 11.8 Å². The van der Waals surface area contributed by atoms with Crippen LogP contribution in [-0.2, 0) is 23.1 Å². The molecular formula is C16H12F9NO4. The highest BCUT2D eigenvalue weighted by Gasteiger charge is 2.85. The molecule has 168 valence electrons. The van der Waals surface area contributed by atoms with Gasteiger partial charge in [-0.1, -0.05) is 0 Å².